The minimum Gasteiger partial charge on any atom is -0.324 e. The largest absolute Gasteiger partial charge is 0.324 e. The van der Waals surface area contributed by atoms with Gasteiger partial charge in [0.05, 0.1) is 6.54 Å². The van der Waals surface area contributed by atoms with Crippen LogP contribution in [0.25, 0.3) is 5.69 Å². The smallest absolute Gasteiger partial charge is 0.126 e. The van der Waals surface area contributed by atoms with Gasteiger partial charge in [0.25, 0.3) is 0 Å². The molecule has 0 aliphatic carbocycles. The maximum atomic E-state index is 5.59. The Morgan fingerprint density at radius 3 is 3.00 bits per heavy atom. The molecule has 0 fully saturated rings. The highest BCUT2D eigenvalue weighted by molar-refractivity contribution is 5.36. The highest BCUT2D eigenvalue weighted by Crippen LogP contribution is 2.11. The first kappa shape index (κ1) is 8.97. The lowest BCUT2D eigenvalue weighted by Gasteiger charge is -2.06. The molecule has 0 spiro atoms. The molecule has 3 nitrogen and oxygen atoms in total. The molecule has 14 heavy (non-hydrogen) atoms. The number of aryl methyl sites for hydroxylation is 1. The average Bonchev–Trinajstić information content (AvgIpc) is 2.65. The van der Waals surface area contributed by atoms with Crippen LogP contribution in [0, 0.1) is 6.92 Å². The molecule has 0 saturated carbocycles. The molecule has 0 unspecified atom stereocenters. The van der Waals surface area contributed by atoms with Crippen LogP contribution in [-0.4, -0.2) is 9.55 Å². The number of rotatable bonds is 2. The summed E-state index contributed by atoms with van der Waals surface area (Å²) < 4.78 is 2.01. The van der Waals surface area contributed by atoms with Crippen LogP contribution in [-0.2, 0) is 6.54 Å². The van der Waals surface area contributed by atoms with Gasteiger partial charge in [0.15, 0.2) is 0 Å². The second-order valence-corrected chi connectivity index (χ2v) is 3.26. The molecule has 2 aromatic rings. The zero-order chi connectivity index (χ0) is 9.97. The summed E-state index contributed by atoms with van der Waals surface area (Å²) in [6, 6.07) is 8.27. The molecule has 0 atom stereocenters. The van der Waals surface area contributed by atoms with Crippen molar-refractivity contribution in [2.45, 2.75) is 13.5 Å². The summed E-state index contributed by atoms with van der Waals surface area (Å²) in [6.07, 6.45) is 3.70. The van der Waals surface area contributed by atoms with E-state index < -0.39 is 0 Å². The topological polar surface area (TPSA) is 43.8 Å². The van der Waals surface area contributed by atoms with E-state index in [9.17, 15) is 0 Å². The van der Waals surface area contributed by atoms with Gasteiger partial charge in [-0.05, 0) is 24.6 Å². The summed E-state index contributed by atoms with van der Waals surface area (Å²) in [5.74, 6) is 0.885. The van der Waals surface area contributed by atoms with Crippen LogP contribution < -0.4 is 5.73 Å². The van der Waals surface area contributed by atoms with E-state index in [-0.39, 0.29) is 0 Å². The third kappa shape index (κ3) is 1.54. The molecular weight excluding hydrogens is 174 g/mol. The number of imidazole rings is 1. The summed E-state index contributed by atoms with van der Waals surface area (Å²) in [6.45, 7) is 2.53. The average molecular weight is 187 g/mol. The monoisotopic (exact) mass is 187 g/mol. The molecule has 1 aromatic heterocycles. The van der Waals surface area contributed by atoms with Gasteiger partial charge in [0.2, 0.25) is 0 Å². The van der Waals surface area contributed by atoms with Gasteiger partial charge in [-0.2, -0.15) is 0 Å². The number of benzene rings is 1. The van der Waals surface area contributed by atoms with Crippen molar-refractivity contribution in [3.63, 3.8) is 0 Å². The Morgan fingerprint density at radius 1 is 1.43 bits per heavy atom. The lowest BCUT2D eigenvalue weighted by molar-refractivity contribution is 0.867. The number of nitrogens with two attached hydrogens (primary N) is 1. The molecule has 0 radical (unpaired) electrons. The van der Waals surface area contributed by atoms with E-state index in [1.165, 1.54) is 5.56 Å². The van der Waals surface area contributed by atoms with Gasteiger partial charge < -0.3 is 10.3 Å². The Kier molecular flexibility index (Phi) is 2.33. The predicted octanol–water partition coefficient (Wildman–Crippen LogP) is 1.64. The van der Waals surface area contributed by atoms with Crippen LogP contribution >= 0.6 is 0 Å². The first-order chi connectivity index (χ1) is 6.81. The Bertz CT molecular complexity index is 432. The maximum absolute atomic E-state index is 5.59. The Morgan fingerprint density at radius 2 is 2.29 bits per heavy atom. The third-order valence-corrected chi connectivity index (χ3v) is 2.18. The van der Waals surface area contributed by atoms with Gasteiger partial charge in [0, 0.05) is 18.1 Å². The zero-order valence-corrected chi connectivity index (χ0v) is 8.14. The molecular formula is C11H13N3. The van der Waals surface area contributed by atoms with Crippen molar-refractivity contribution in [2.24, 2.45) is 5.73 Å². The van der Waals surface area contributed by atoms with Gasteiger partial charge >= 0.3 is 0 Å². The normalized spacial score (nSPS) is 10.4. The molecule has 2 N–H and O–H groups in total. The standard InChI is InChI=1S/C11H13N3/c1-9-3-2-4-10(7-9)14-6-5-13-11(14)8-12/h2-7H,8,12H2,1H3. The van der Waals surface area contributed by atoms with E-state index in [2.05, 4.69) is 24.0 Å². The molecule has 0 bridgehead atoms. The fourth-order valence-corrected chi connectivity index (χ4v) is 1.50. The van der Waals surface area contributed by atoms with E-state index in [4.69, 9.17) is 5.73 Å². The molecule has 0 aliphatic heterocycles. The second kappa shape index (κ2) is 3.64. The van der Waals surface area contributed by atoms with Gasteiger partial charge in [0.1, 0.15) is 5.82 Å². The van der Waals surface area contributed by atoms with Gasteiger partial charge in [-0.25, -0.2) is 4.98 Å². The fraction of sp³-hybridized carbons (Fsp3) is 0.182. The molecule has 0 amide bonds. The maximum Gasteiger partial charge on any atom is 0.126 e. The first-order valence-electron chi connectivity index (χ1n) is 4.60. The highest BCUT2D eigenvalue weighted by atomic mass is 15.1. The minimum atomic E-state index is 0.459. The van der Waals surface area contributed by atoms with Crippen molar-refractivity contribution < 1.29 is 0 Å². The molecule has 0 saturated heterocycles. The van der Waals surface area contributed by atoms with Crippen molar-refractivity contribution in [1.29, 1.82) is 0 Å². The number of hydrogen-bond donors (Lipinski definition) is 1. The Labute approximate surface area is 83.2 Å². The first-order valence-corrected chi connectivity index (χ1v) is 4.60. The number of nitrogens with zero attached hydrogens (tertiary/aromatic N) is 2. The minimum absolute atomic E-state index is 0.459. The zero-order valence-electron chi connectivity index (χ0n) is 8.14. The van der Waals surface area contributed by atoms with Crippen LogP contribution in [0.5, 0.6) is 0 Å². The Hall–Kier alpha value is -1.61. The second-order valence-electron chi connectivity index (χ2n) is 3.26. The SMILES string of the molecule is Cc1cccc(-n2ccnc2CN)c1. The van der Waals surface area contributed by atoms with Crippen LogP contribution in [0.4, 0.5) is 0 Å². The van der Waals surface area contributed by atoms with Crippen LogP contribution in [0.1, 0.15) is 11.4 Å². The molecule has 3 heteroatoms. The van der Waals surface area contributed by atoms with Crippen LogP contribution in [0.3, 0.4) is 0 Å². The summed E-state index contributed by atoms with van der Waals surface area (Å²) in [5.41, 5.74) is 7.94. The lowest BCUT2D eigenvalue weighted by atomic mass is 10.2. The summed E-state index contributed by atoms with van der Waals surface area (Å²) in [4.78, 5) is 4.18. The van der Waals surface area contributed by atoms with Crippen LogP contribution in [0.15, 0.2) is 36.7 Å². The lowest BCUT2D eigenvalue weighted by Crippen LogP contribution is -2.06. The van der Waals surface area contributed by atoms with Crippen LogP contribution in [0.2, 0.25) is 0 Å². The molecule has 1 aromatic carbocycles. The molecule has 72 valence electrons. The van der Waals surface area contributed by atoms with Gasteiger partial charge in [-0.15, -0.1) is 0 Å². The predicted molar refractivity (Wildman–Crippen MR) is 56.2 cm³/mol. The van der Waals surface area contributed by atoms with Crippen molar-refractivity contribution in [1.82, 2.24) is 9.55 Å². The summed E-state index contributed by atoms with van der Waals surface area (Å²) >= 11 is 0. The number of hydrogen-bond acceptors (Lipinski definition) is 2. The molecule has 2 rings (SSSR count). The quantitative estimate of drug-likeness (QED) is 0.776. The van der Waals surface area contributed by atoms with Crippen molar-refractivity contribution >= 4 is 0 Å². The van der Waals surface area contributed by atoms with Gasteiger partial charge in [-0.1, -0.05) is 12.1 Å². The van der Waals surface area contributed by atoms with E-state index in [1.54, 1.807) is 6.20 Å². The molecule has 0 aliphatic rings. The molecule has 1 heterocycles. The Balaban J connectivity index is 2.49. The van der Waals surface area contributed by atoms with E-state index in [0.29, 0.717) is 6.54 Å². The van der Waals surface area contributed by atoms with Crippen molar-refractivity contribution in [3.05, 3.63) is 48.0 Å². The van der Waals surface area contributed by atoms with E-state index in [0.717, 1.165) is 11.5 Å². The van der Waals surface area contributed by atoms with Gasteiger partial charge in [-0.3, -0.25) is 0 Å². The van der Waals surface area contributed by atoms with Crippen molar-refractivity contribution in [2.75, 3.05) is 0 Å². The van der Waals surface area contributed by atoms with E-state index >= 15 is 0 Å². The summed E-state index contributed by atoms with van der Waals surface area (Å²) in [7, 11) is 0. The number of aromatic nitrogens is 2. The van der Waals surface area contributed by atoms with E-state index in [1.807, 2.05) is 22.9 Å². The fourth-order valence-electron chi connectivity index (χ4n) is 1.50. The van der Waals surface area contributed by atoms with Crippen molar-refractivity contribution in [3.8, 4) is 5.69 Å². The third-order valence-electron chi connectivity index (χ3n) is 2.18. The summed E-state index contributed by atoms with van der Waals surface area (Å²) in [5, 5.41) is 0. The highest BCUT2D eigenvalue weighted by Gasteiger charge is 2.01.